The number of carbonyl (C=O) groups is 6. The van der Waals surface area contributed by atoms with Crippen molar-refractivity contribution in [1.82, 2.24) is 60.2 Å². The van der Waals surface area contributed by atoms with Gasteiger partial charge in [-0.2, -0.15) is 41.0 Å². The molecule has 4 aliphatic carbocycles. The predicted molar refractivity (Wildman–Crippen MR) is 525 cm³/mol. The van der Waals surface area contributed by atoms with E-state index in [9.17, 15) is 60.0 Å². The lowest BCUT2D eigenvalue weighted by Crippen LogP contribution is -2.37. The normalized spacial score (nSPS) is 18.7. The Morgan fingerprint density at radius 3 is 0.938 bits per heavy atom. The van der Waals surface area contributed by atoms with E-state index in [1.165, 1.54) is 0 Å². The van der Waals surface area contributed by atoms with Gasteiger partial charge >= 0.3 is 11.9 Å². The van der Waals surface area contributed by atoms with E-state index >= 15 is 0 Å². The second-order valence-electron chi connectivity index (χ2n) is 38.9. The zero-order chi connectivity index (χ0) is 101. The average molecular weight is 1950 g/mol. The topological polar surface area (TPSA) is 484 Å². The summed E-state index contributed by atoms with van der Waals surface area (Å²) < 4.78 is 45.1. The molecule has 0 unspecified atom stereocenters. The second-order valence-corrected chi connectivity index (χ2v) is 38.9. The molecule has 4 aromatic heterocycles. The molecule has 4 atom stereocenters. The summed E-state index contributed by atoms with van der Waals surface area (Å²) in [5.41, 5.74) is 14.9. The number of aromatic nitrogens is 8. The quantitative estimate of drug-likeness (QED) is 0.0304. The largest absolute Gasteiger partial charge is 0.490 e. The molecular weight excluding hydrogens is 1830 g/mol. The number of nitriles is 4. The molecular formula is C110H112N16O18. The van der Waals surface area contributed by atoms with Crippen molar-refractivity contribution in [2.24, 2.45) is 0 Å². The molecule has 4 amide bonds. The summed E-state index contributed by atoms with van der Waals surface area (Å²) >= 11 is 0. The molecule has 12 aromatic rings. The molecule has 4 aliphatic heterocycles. The Bertz CT molecular complexity index is 6670. The molecule has 0 radical (unpaired) electrons. The van der Waals surface area contributed by atoms with Gasteiger partial charge in [0.25, 0.3) is 23.6 Å². The third-order valence-electron chi connectivity index (χ3n) is 28.3. The van der Waals surface area contributed by atoms with E-state index in [-0.39, 0.29) is 84.9 Å². The van der Waals surface area contributed by atoms with Crippen LogP contribution in [0.2, 0.25) is 0 Å². The molecule has 740 valence electrons. The van der Waals surface area contributed by atoms with Gasteiger partial charge in [0.2, 0.25) is 46.9 Å². The zero-order valence-electron chi connectivity index (χ0n) is 81.6. The number of aliphatic carboxylic acids is 2. The number of ether oxygens (including phenoxy) is 4. The van der Waals surface area contributed by atoms with Crippen LogP contribution in [-0.2, 0) is 76.1 Å². The van der Waals surface area contributed by atoms with Crippen LogP contribution in [0.1, 0.15) is 212 Å². The number of carboxylic acid groups (broad SMARTS) is 2. The van der Waals surface area contributed by atoms with E-state index in [0.717, 1.165) is 131 Å². The third kappa shape index (κ3) is 20.3. The lowest BCUT2D eigenvalue weighted by atomic mass is 9.80. The molecule has 4 spiro atoms. The molecule has 8 aromatic carbocycles. The van der Waals surface area contributed by atoms with Crippen molar-refractivity contribution in [3.05, 3.63) is 212 Å². The highest BCUT2D eigenvalue weighted by Crippen LogP contribution is 2.54. The van der Waals surface area contributed by atoms with Gasteiger partial charge < -0.3 is 77.1 Å². The van der Waals surface area contributed by atoms with E-state index < -0.39 is 22.8 Å². The number of aliphatic hydroxyl groups excluding tert-OH is 2. The van der Waals surface area contributed by atoms with E-state index in [2.05, 4.69) is 77.0 Å². The molecule has 34 heteroatoms. The molecule has 34 nitrogen and oxygen atoms in total. The summed E-state index contributed by atoms with van der Waals surface area (Å²) in [7, 11) is 0. The maximum Gasteiger partial charge on any atom is 0.303 e. The minimum atomic E-state index is -0.807. The first-order valence-electron chi connectivity index (χ1n) is 49.0. The first-order chi connectivity index (χ1) is 69.5. The van der Waals surface area contributed by atoms with Crippen molar-refractivity contribution in [3.8, 4) is 139 Å². The van der Waals surface area contributed by atoms with Crippen LogP contribution in [-0.4, -0.2) is 206 Å². The minimum absolute atomic E-state index is 0.0293. The van der Waals surface area contributed by atoms with Gasteiger partial charge in [0.15, 0.2) is 0 Å². The van der Waals surface area contributed by atoms with Crippen molar-refractivity contribution in [1.29, 1.82) is 21.0 Å². The average Bonchev–Trinajstić information content (AvgIpc) is 1.58. The van der Waals surface area contributed by atoms with Gasteiger partial charge in [-0.05, 0) is 263 Å². The highest BCUT2D eigenvalue weighted by atomic mass is 16.5. The number of β-amino-alcohol motifs (C(OH)–C–C–N with tert-alkyl or cyclic N) is 2. The lowest BCUT2D eigenvalue weighted by Gasteiger charge is -2.25. The molecule has 4 fully saturated rings. The number of carboxylic acids is 2. The van der Waals surface area contributed by atoms with Gasteiger partial charge in [0.05, 0.1) is 70.7 Å². The Hall–Kier alpha value is -15.8. The minimum Gasteiger partial charge on any atom is -0.490 e. The van der Waals surface area contributed by atoms with Crippen LogP contribution in [0.5, 0.6) is 23.0 Å². The van der Waals surface area contributed by atoms with Crippen molar-refractivity contribution < 1.29 is 86.2 Å². The Balaban J connectivity index is 0.000000132. The number of nitrogens with zero attached hydrogens (tertiary/aromatic N) is 16. The maximum absolute atomic E-state index is 13.2. The number of rotatable bonds is 30. The number of fused-ring (bicyclic) bond motifs is 8. The van der Waals surface area contributed by atoms with Crippen LogP contribution in [0.4, 0.5) is 0 Å². The number of hydrogen-bond donors (Lipinski definition) is 4. The number of unbranched alkanes of at least 4 members (excludes halogenated alkanes) is 2. The van der Waals surface area contributed by atoms with Crippen LogP contribution in [0.25, 0.3) is 91.4 Å². The summed E-state index contributed by atoms with van der Waals surface area (Å²) in [6.07, 6.45) is 11.4. The van der Waals surface area contributed by atoms with Crippen molar-refractivity contribution in [3.63, 3.8) is 0 Å². The number of aliphatic hydroxyl groups is 2. The molecule has 20 rings (SSSR count). The van der Waals surface area contributed by atoms with Crippen LogP contribution in [0, 0.1) is 45.3 Å². The van der Waals surface area contributed by atoms with Crippen LogP contribution in [0.3, 0.4) is 0 Å². The fraction of sp³-hybridized carbons (Fsp3) is 0.400. The monoisotopic (exact) mass is 1940 g/mol. The molecule has 8 aliphatic rings. The van der Waals surface area contributed by atoms with Gasteiger partial charge in [-0.3, -0.25) is 28.8 Å². The van der Waals surface area contributed by atoms with Gasteiger partial charge in [-0.15, -0.1) is 0 Å². The van der Waals surface area contributed by atoms with E-state index in [4.69, 9.17) is 47.3 Å². The highest BCUT2D eigenvalue weighted by molar-refractivity contribution is 5.94. The fourth-order valence-corrected chi connectivity index (χ4v) is 21.7. The standard InChI is InChI=1S/2C29H30N4O5.2C26H26N4O4/c2*1-18(2)37-24-10-9-19(14-20(24)16-30)28-31-27(32-38-28)22-6-5-7-23-21(22)11-12-29(23)15-25(34)33(17-29)13-4-3-8-26(35)36;2*1-16(2)33-22-7-6-17(14-18(22)15-27)24-28-23(29-34-24)20-4-3-5-21-19(20)8-9-26(21)10-11-30(12-13-31)25(26)32/h2*5-7,9-10,14,18H,3-4,8,11-13,15,17H2,1-2H3,(H,35,36);2*3-7,14,16,31H,8-13H2,1-2H3/t2*29-;2*26-/m1010/s1. The first-order valence-corrected chi connectivity index (χ1v) is 49.0. The number of hydrogen-bond acceptors (Lipinski definition) is 28. The number of amides is 4. The number of carbonyl (C=O) groups excluding carboxylic acids is 4. The van der Waals surface area contributed by atoms with Crippen molar-refractivity contribution in [2.75, 3.05) is 65.6 Å². The van der Waals surface area contributed by atoms with Crippen molar-refractivity contribution in [2.45, 2.75) is 217 Å². The van der Waals surface area contributed by atoms with E-state index in [0.29, 0.717) is 205 Å². The van der Waals surface area contributed by atoms with Crippen LogP contribution >= 0.6 is 0 Å². The Morgan fingerprint density at radius 1 is 0.375 bits per heavy atom. The molecule has 4 N–H and O–H groups in total. The third-order valence-corrected chi connectivity index (χ3v) is 28.3. The zero-order valence-corrected chi connectivity index (χ0v) is 81.6. The molecule has 0 bridgehead atoms. The number of benzene rings is 8. The summed E-state index contributed by atoms with van der Waals surface area (Å²) in [4.78, 5) is 99.5. The predicted octanol–water partition coefficient (Wildman–Crippen LogP) is 16.4. The van der Waals surface area contributed by atoms with Gasteiger partial charge in [-0.25, -0.2) is 0 Å². The Labute approximate surface area is 832 Å². The van der Waals surface area contributed by atoms with Gasteiger partial charge in [-0.1, -0.05) is 93.4 Å². The maximum atomic E-state index is 13.2. The van der Waals surface area contributed by atoms with Crippen molar-refractivity contribution >= 4 is 35.6 Å². The second kappa shape index (κ2) is 42.6. The molecule has 144 heavy (non-hydrogen) atoms. The van der Waals surface area contributed by atoms with E-state index in [1.807, 2.05) is 126 Å². The molecule has 4 saturated heterocycles. The smallest absolute Gasteiger partial charge is 0.303 e. The van der Waals surface area contributed by atoms with E-state index in [1.54, 1.807) is 82.6 Å². The highest BCUT2D eigenvalue weighted by Gasteiger charge is 2.55. The SMILES string of the molecule is CC(C)Oc1ccc(-c2nc(-c3cccc4c3CC[C@@]43CC(=O)N(CCCCC(=O)O)C3)no2)cc1C#N.CC(C)Oc1ccc(-c2nc(-c3cccc4c3CC[C@@]43CCN(CCO)C3=O)no2)cc1C#N.CC(C)Oc1ccc(-c2nc(-c3cccc4c3CC[C@]43CC(=O)N(CCCCC(=O)O)C3)no2)cc1C#N.CC(C)Oc1ccc(-c2nc(-c3cccc4c3CC[C@]43CCN(CCO)C3=O)no2)cc1C#N. The lowest BCUT2D eigenvalue weighted by molar-refractivity contribution is -0.138. The van der Waals surface area contributed by atoms with Crippen LogP contribution < -0.4 is 18.9 Å². The van der Waals surface area contributed by atoms with Gasteiger partial charge in [0, 0.05) is 133 Å². The Morgan fingerprint density at radius 2 is 0.660 bits per heavy atom. The molecule has 8 heterocycles. The number of likely N-dealkylation sites (tertiary alicyclic amines) is 4. The fourth-order valence-electron chi connectivity index (χ4n) is 21.7. The summed E-state index contributed by atoms with van der Waals surface area (Å²) in [6, 6.07) is 53.5. The summed E-state index contributed by atoms with van der Waals surface area (Å²) in [6.45, 7) is 19.7. The summed E-state index contributed by atoms with van der Waals surface area (Å²) in [5, 5.41) is 91.4. The molecule has 0 saturated carbocycles. The van der Waals surface area contributed by atoms with Gasteiger partial charge in [0.1, 0.15) is 47.3 Å². The first kappa shape index (κ1) is 99.8. The van der Waals surface area contributed by atoms with Crippen LogP contribution in [0.15, 0.2) is 164 Å². The summed E-state index contributed by atoms with van der Waals surface area (Å²) in [5.74, 6) is 4.04. The Kier molecular flexibility index (Phi) is 29.5.